The summed E-state index contributed by atoms with van der Waals surface area (Å²) in [6.07, 6.45) is 3.29. The Morgan fingerprint density at radius 1 is 1.18 bits per heavy atom. The molecule has 3 heterocycles. The second-order valence-corrected chi connectivity index (χ2v) is 11.8. The molecule has 1 aromatic carbocycles. The first kappa shape index (κ1) is 22.3. The molecule has 0 saturated heterocycles. The predicted molar refractivity (Wildman–Crippen MR) is 132 cm³/mol. The van der Waals surface area contributed by atoms with Crippen LogP contribution in [0.25, 0.3) is 33.6 Å². The van der Waals surface area contributed by atoms with Crippen molar-refractivity contribution in [3.8, 4) is 11.4 Å². The number of aromatic nitrogens is 5. The van der Waals surface area contributed by atoms with Gasteiger partial charge in [0.25, 0.3) is 0 Å². The summed E-state index contributed by atoms with van der Waals surface area (Å²) < 4.78 is 32.4. The Morgan fingerprint density at radius 3 is 2.55 bits per heavy atom. The number of halogens is 1. The second-order valence-electron chi connectivity index (χ2n) is 8.92. The van der Waals surface area contributed by atoms with Gasteiger partial charge in [-0.25, -0.2) is 27.3 Å². The van der Waals surface area contributed by atoms with Crippen LogP contribution < -0.4 is 5.69 Å². The van der Waals surface area contributed by atoms with Crippen LogP contribution in [0.3, 0.4) is 0 Å². The summed E-state index contributed by atoms with van der Waals surface area (Å²) in [5.41, 5.74) is 2.14. The van der Waals surface area contributed by atoms with E-state index in [4.69, 9.17) is 4.98 Å². The Balaban J connectivity index is 1.78. The maximum absolute atomic E-state index is 14.5. The van der Waals surface area contributed by atoms with E-state index in [0.29, 0.717) is 28.1 Å². The summed E-state index contributed by atoms with van der Waals surface area (Å²) in [5, 5.41) is 0.0314. The lowest BCUT2D eigenvalue weighted by atomic mass is 10.0. The van der Waals surface area contributed by atoms with Crippen LogP contribution in [0.4, 0.5) is 4.39 Å². The Hall–Kier alpha value is -2.46. The van der Waals surface area contributed by atoms with Gasteiger partial charge in [0, 0.05) is 36.3 Å². The number of nitrogens with zero attached hydrogens (tertiary/aromatic N) is 5. The van der Waals surface area contributed by atoms with Gasteiger partial charge in [-0.1, -0.05) is 6.92 Å². The molecule has 0 N–H and O–H groups in total. The Kier molecular flexibility index (Phi) is 5.28. The Bertz CT molecular complexity index is 1490. The first-order chi connectivity index (χ1) is 15.6. The minimum Gasteiger partial charge on any atom is -0.312 e. The van der Waals surface area contributed by atoms with Gasteiger partial charge in [-0.05, 0) is 50.6 Å². The summed E-state index contributed by atoms with van der Waals surface area (Å²) in [6, 6.07) is 5.62. The highest BCUT2D eigenvalue weighted by Crippen LogP contribution is 2.37. The first-order valence-electron chi connectivity index (χ1n) is 10.9. The fourth-order valence-electron chi connectivity index (χ4n) is 4.02. The van der Waals surface area contributed by atoms with Crippen molar-refractivity contribution in [1.29, 1.82) is 0 Å². The third-order valence-corrected chi connectivity index (χ3v) is 8.74. The number of hydrogen-bond donors (Lipinski definition) is 0. The number of alkyl halides is 1. The van der Waals surface area contributed by atoms with Crippen molar-refractivity contribution >= 4 is 44.9 Å². The summed E-state index contributed by atoms with van der Waals surface area (Å²) >= 11 is 1.65. The zero-order chi connectivity index (χ0) is 23.7. The highest BCUT2D eigenvalue weighted by atomic mass is 32.2. The van der Waals surface area contributed by atoms with Crippen molar-refractivity contribution in [2.75, 3.05) is 5.75 Å². The van der Waals surface area contributed by atoms with Gasteiger partial charge in [0.1, 0.15) is 28.0 Å². The zero-order valence-electron chi connectivity index (χ0n) is 19.3. The molecule has 0 spiro atoms. The van der Waals surface area contributed by atoms with Gasteiger partial charge in [-0.2, -0.15) is 0 Å². The third kappa shape index (κ3) is 3.63. The van der Waals surface area contributed by atoms with Crippen LogP contribution in [0.5, 0.6) is 0 Å². The maximum atomic E-state index is 14.5. The van der Waals surface area contributed by atoms with E-state index >= 15 is 0 Å². The van der Waals surface area contributed by atoms with E-state index in [1.165, 1.54) is 17.8 Å². The molecule has 7 nitrogen and oxygen atoms in total. The normalized spacial score (nSPS) is 15.6. The smallest absolute Gasteiger partial charge is 0.312 e. The first-order valence-corrected chi connectivity index (χ1v) is 13.1. The SMILES string of the molecule is CCSc1cc2c(cc1-c1nc3cc(C(C)(C)F)cnc3n1C)n(S(=O)C1CC1)c(=O)n2C. The van der Waals surface area contributed by atoms with Crippen LogP contribution in [-0.4, -0.2) is 38.3 Å². The van der Waals surface area contributed by atoms with Crippen molar-refractivity contribution in [3.63, 3.8) is 0 Å². The number of thioether (sulfide) groups is 1. The average molecular weight is 488 g/mol. The quantitative estimate of drug-likeness (QED) is 0.380. The van der Waals surface area contributed by atoms with Crippen LogP contribution in [0.2, 0.25) is 0 Å². The molecule has 0 aliphatic heterocycles. The molecule has 0 radical (unpaired) electrons. The molecule has 1 unspecified atom stereocenters. The lowest BCUT2D eigenvalue weighted by Crippen LogP contribution is -2.26. The maximum Gasteiger partial charge on any atom is 0.340 e. The van der Waals surface area contributed by atoms with E-state index in [1.807, 2.05) is 23.7 Å². The molecule has 1 aliphatic rings. The number of pyridine rings is 1. The number of rotatable bonds is 6. The van der Waals surface area contributed by atoms with Crippen LogP contribution in [0.15, 0.2) is 34.1 Å². The van der Waals surface area contributed by atoms with E-state index in [9.17, 15) is 13.4 Å². The summed E-state index contributed by atoms with van der Waals surface area (Å²) in [7, 11) is 2.19. The Morgan fingerprint density at radius 2 is 1.91 bits per heavy atom. The highest BCUT2D eigenvalue weighted by Gasteiger charge is 2.33. The molecule has 4 aromatic rings. The number of imidazole rings is 2. The van der Waals surface area contributed by atoms with Crippen LogP contribution in [0.1, 0.15) is 39.2 Å². The lowest BCUT2D eigenvalue weighted by molar-refractivity contribution is 0.221. The van der Waals surface area contributed by atoms with Gasteiger partial charge in [0.05, 0.1) is 16.3 Å². The second kappa shape index (κ2) is 7.80. The molecular weight excluding hydrogens is 461 g/mol. The van der Waals surface area contributed by atoms with Crippen LogP contribution >= 0.6 is 11.8 Å². The average Bonchev–Trinajstić information content (AvgIpc) is 3.53. The summed E-state index contributed by atoms with van der Waals surface area (Å²) in [5.74, 6) is 1.51. The molecule has 0 bridgehead atoms. The van der Waals surface area contributed by atoms with Gasteiger partial charge < -0.3 is 4.57 Å². The molecule has 0 amide bonds. The fraction of sp³-hybridized carbons (Fsp3) is 0.435. The minimum atomic E-state index is -1.52. The molecule has 3 aromatic heterocycles. The van der Waals surface area contributed by atoms with Gasteiger partial charge in [0.15, 0.2) is 5.65 Å². The van der Waals surface area contributed by atoms with Gasteiger partial charge in [-0.15, -0.1) is 11.8 Å². The Labute approximate surface area is 197 Å². The summed E-state index contributed by atoms with van der Waals surface area (Å²) in [4.78, 5) is 23.2. The fourth-order valence-corrected chi connectivity index (χ4v) is 6.28. The number of aryl methyl sites for hydroxylation is 2. The number of fused-ring (bicyclic) bond motifs is 2. The highest BCUT2D eigenvalue weighted by molar-refractivity contribution is 7.99. The molecule has 174 valence electrons. The van der Waals surface area contributed by atoms with Crippen molar-refractivity contribution in [2.24, 2.45) is 14.1 Å². The molecule has 33 heavy (non-hydrogen) atoms. The predicted octanol–water partition coefficient (Wildman–Crippen LogP) is 4.28. The number of hydrogen-bond acceptors (Lipinski definition) is 5. The van der Waals surface area contributed by atoms with E-state index < -0.39 is 16.7 Å². The summed E-state index contributed by atoms with van der Waals surface area (Å²) in [6.45, 7) is 5.06. The van der Waals surface area contributed by atoms with Crippen LogP contribution in [0, 0.1) is 0 Å². The van der Waals surface area contributed by atoms with E-state index in [1.54, 1.807) is 35.6 Å². The molecule has 1 atom stereocenters. The molecule has 10 heteroatoms. The topological polar surface area (TPSA) is 74.7 Å². The van der Waals surface area contributed by atoms with Crippen molar-refractivity contribution in [2.45, 2.75) is 49.4 Å². The van der Waals surface area contributed by atoms with Crippen molar-refractivity contribution in [3.05, 3.63) is 40.4 Å². The zero-order valence-corrected chi connectivity index (χ0v) is 20.9. The van der Waals surface area contributed by atoms with E-state index in [2.05, 4.69) is 11.9 Å². The van der Waals surface area contributed by atoms with Crippen molar-refractivity contribution < 1.29 is 8.60 Å². The molecule has 1 fully saturated rings. The standard InChI is InChI=1S/C23H26FN5O2S2/c1-6-32-19-11-17-18(29(22(30)27(17)4)33(31)14-7-8-14)10-15(19)20-26-16-9-13(23(2,3)24)12-25-21(16)28(20)5/h9-12,14H,6-8H2,1-5H3. The third-order valence-electron chi connectivity index (χ3n) is 6.04. The number of benzene rings is 1. The molecular formula is C23H26FN5O2S2. The molecule has 5 rings (SSSR count). The van der Waals surface area contributed by atoms with Crippen molar-refractivity contribution in [1.82, 2.24) is 23.1 Å². The van der Waals surface area contributed by atoms with E-state index in [-0.39, 0.29) is 10.9 Å². The van der Waals surface area contributed by atoms with Gasteiger partial charge in [-0.3, -0.25) is 4.57 Å². The van der Waals surface area contributed by atoms with Gasteiger partial charge >= 0.3 is 5.69 Å². The van der Waals surface area contributed by atoms with E-state index in [0.717, 1.165) is 34.6 Å². The lowest BCUT2D eigenvalue weighted by Gasteiger charge is -2.13. The minimum absolute atomic E-state index is 0.0314. The monoisotopic (exact) mass is 487 g/mol. The van der Waals surface area contributed by atoms with Crippen LogP contribution in [-0.2, 0) is 30.7 Å². The molecule has 1 saturated carbocycles. The largest absolute Gasteiger partial charge is 0.340 e. The van der Waals surface area contributed by atoms with Gasteiger partial charge in [0.2, 0.25) is 0 Å². The molecule has 1 aliphatic carbocycles.